The lowest BCUT2D eigenvalue weighted by molar-refractivity contribution is 0.102. The molecule has 9 heteroatoms. The molecule has 0 aliphatic carbocycles. The Balaban J connectivity index is 1.84. The van der Waals surface area contributed by atoms with E-state index in [4.69, 9.17) is 0 Å². The summed E-state index contributed by atoms with van der Waals surface area (Å²) in [5.41, 5.74) is 1.87. The number of rotatable bonds is 6. The van der Waals surface area contributed by atoms with Crippen LogP contribution in [0, 0.1) is 6.92 Å². The normalized spacial score (nSPS) is 12.4. The van der Waals surface area contributed by atoms with Gasteiger partial charge in [0.1, 0.15) is 9.77 Å². The Hall–Kier alpha value is -2.49. The first-order valence-corrected chi connectivity index (χ1v) is 12.1. The lowest BCUT2D eigenvalue weighted by Gasteiger charge is -2.10. The molecule has 1 unspecified atom stereocenters. The highest BCUT2D eigenvalue weighted by Gasteiger charge is 2.24. The highest BCUT2D eigenvalue weighted by Crippen LogP contribution is 2.26. The van der Waals surface area contributed by atoms with Crippen molar-refractivity contribution in [3.05, 3.63) is 70.4 Å². The summed E-state index contributed by atoms with van der Waals surface area (Å²) in [5, 5.41) is 4.22. The van der Waals surface area contributed by atoms with Gasteiger partial charge in [-0.15, -0.1) is 11.3 Å². The van der Waals surface area contributed by atoms with Crippen molar-refractivity contribution in [2.24, 2.45) is 0 Å². The van der Waals surface area contributed by atoms with E-state index in [0.29, 0.717) is 16.3 Å². The molecule has 0 bridgehead atoms. The van der Waals surface area contributed by atoms with Crippen LogP contribution in [0.15, 0.2) is 69.8 Å². The molecule has 28 heavy (non-hydrogen) atoms. The summed E-state index contributed by atoms with van der Waals surface area (Å²) < 4.78 is 39.6. The van der Waals surface area contributed by atoms with Crippen LogP contribution in [0.4, 0.5) is 11.4 Å². The molecule has 0 radical (unpaired) electrons. The van der Waals surface area contributed by atoms with Crippen LogP contribution in [-0.2, 0) is 20.8 Å². The van der Waals surface area contributed by atoms with E-state index in [1.807, 2.05) is 6.92 Å². The standard InChI is InChI=1S/C19H18N2O4S3/c1-13-6-8-14(9-7-13)21-28(24,25)17-10-11-26-18(17)19(22)20-15-4-3-5-16(12-15)27(2)23/h3-12,21H,1-2H3,(H,20,22). The largest absolute Gasteiger partial charge is 0.321 e. The molecule has 2 N–H and O–H groups in total. The molecule has 1 atom stereocenters. The first-order valence-electron chi connectivity index (χ1n) is 8.18. The highest BCUT2D eigenvalue weighted by atomic mass is 32.2. The number of thiophene rings is 1. The number of nitrogens with one attached hydrogen (secondary N) is 2. The lowest BCUT2D eigenvalue weighted by atomic mass is 10.2. The number of carbonyl (C=O) groups is 1. The van der Waals surface area contributed by atoms with Crippen molar-refractivity contribution < 1.29 is 17.4 Å². The highest BCUT2D eigenvalue weighted by molar-refractivity contribution is 7.93. The van der Waals surface area contributed by atoms with Crippen molar-refractivity contribution in [1.29, 1.82) is 0 Å². The molecule has 1 aromatic heterocycles. The van der Waals surface area contributed by atoms with E-state index in [9.17, 15) is 17.4 Å². The summed E-state index contributed by atoms with van der Waals surface area (Å²) in [4.78, 5) is 13.2. The third kappa shape index (κ3) is 4.67. The Labute approximate surface area is 170 Å². The molecular weight excluding hydrogens is 416 g/mol. The van der Waals surface area contributed by atoms with Gasteiger partial charge in [0.15, 0.2) is 0 Å². The van der Waals surface area contributed by atoms with Gasteiger partial charge in [-0.3, -0.25) is 13.7 Å². The van der Waals surface area contributed by atoms with Gasteiger partial charge in [-0.25, -0.2) is 8.42 Å². The predicted octanol–water partition coefficient (Wildman–Crippen LogP) is 3.85. The molecule has 2 aromatic carbocycles. The smallest absolute Gasteiger partial charge is 0.267 e. The van der Waals surface area contributed by atoms with E-state index in [0.717, 1.165) is 16.9 Å². The molecule has 0 aliphatic heterocycles. The summed E-state index contributed by atoms with van der Waals surface area (Å²) in [6.07, 6.45) is 1.54. The number of hydrogen-bond acceptors (Lipinski definition) is 5. The van der Waals surface area contributed by atoms with E-state index in [1.54, 1.807) is 60.2 Å². The second-order valence-corrected chi connectivity index (χ2v) is 9.97. The van der Waals surface area contributed by atoms with Crippen LogP contribution in [0.1, 0.15) is 15.2 Å². The van der Waals surface area contributed by atoms with Crippen LogP contribution in [0.2, 0.25) is 0 Å². The Morgan fingerprint density at radius 1 is 1.04 bits per heavy atom. The zero-order valence-corrected chi connectivity index (χ0v) is 17.6. The average Bonchev–Trinajstić information content (AvgIpc) is 3.15. The number of sulfonamides is 1. The summed E-state index contributed by atoms with van der Waals surface area (Å²) >= 11 is 1.04. The number of benzene rings is 2. The van der Waals surface area contributed by atoms with E-state index in [-0.39, 0.29) is 9.77 Å². The maximum atomic E-state index is 12.7. The Kier molecular flexibility index (Phi) is 5.97. The Morgan fingerprint density at radius 3 is 2.43 bits per heavy atom. The first kappa shape index (κ1) is 20.2. The third-order valence-electron chi connectivity index (χ3n) is 3.85. The van der Waals surface area contributed by atoms with E-state index >= 15 is 0 Å². The predicted molar refractivity (Wildman–Crippen MR) is 113 cm³/mol. The fraction of sp³-hybridized carbons (Fsp3) is 0.105. The summed E-state index contributed by atoms with van der Waals surface area (Å²) in [6.45, 7) is 1.91. The molecule has 6 nitrogen and oxygen atoms in total. The first-order chi connectivity index (χ1) is 13.3. The molecule has 1 amide bonds. The molecule has 3 aromatic rings. The monoisotopic (exact) mass is 434 g/mol. The second-order valence-electron chi connectivity index (χ2n) is 6.02. The van der Waals surface area contributed by atoms with E-state index in [2.05, 4.69) is 10.0 Å². The molecular formula is C19H18N2O4S3. The van der Waals surface area contributed by atoms with Gasteiger partial charge < -0.3 is 5.32 Å². The SMILES string of the molecule is Cc1ccc(NS(=O)(=O)c2ccsc2C(=O)Nc2cccc(S(C)=O)c2)cc1. The summed E-state index contributed by atoms with van der Waals surface area (Å²) in [7, 11) is -5.11. The third-order valence-corrected chi connectivity index (χ3v) is 7.24. The van der Waals surface area contributed by atoms with Crippen LogP contribution in [0.5, 0.6) is 0 Å². The van der Waals surface area contributed by atoms with Crippen LogP contribution in [-0.4, -0.2) is 24.8 Å². The number of amides is 1. The zero-order chi connectivity index (χ0) is 20.3. The molecule has 0 fully saturated rings. The molecule has 0 saturated carbocycles. The molecule has 1 heterocycles. The van der Waals surface area contributed by atoms with Crippen molar-refractivity contribution in [1.82, 2.24) is 0 Å². The van der Waals surface area contributed by atoms with Crippen molar-refractivity contribution in [3.8, 4) is 0 Å². The topological polar surface area (TPSA) is 92.3 Å². The number of anilines is 2. The molecule has 146 valence electrons. The van der Waals surface area contributed by atoms with E-state index < -0.39 is 26.7 Å². The van der Waals surface area contributed by atoms with Gasteiger partial charge in [0.2, 0.25) is 0 Å². The minimum Gasteiger partial charge on any atom is -0.321 e. The van der Waals surface area contributed by atoms with Crippen molar-refractivity contribution in [2.75, 3.05) is 16.3 Å². The maximum Gasteiger partial charge on any atom is 0.267 e. The molecule has 0 aliphatic rings. The fourth-order valence-corrected chi connectivity index (χ4v) is 5.39. The quantitative estimate of drug-likeness (QED) is 0.616. The van der Waals surface area contributed by atoms with Crippen molar-refractivity contribution in [3.63, 3.8) is 0 Å². The number of aryl methyl sites for hydroxylation is 1. The van der Waals surface area contributed by atoms with E-state index in [1.165, 1.54) is 6.07 Å². The van der Waals surface area contributed by atoms with Crippen molar-refractivity contribution in [2.45, 2.75) is 16.7 Å². The van der Waals surface area contributed by atoms with Gasteiger partial charge >= 0.3 is 0 Å². The second kappa shape index (κ2) is 8.26. The van der Waals surface area contributed by atoms with Crippen LogP contribution >= 0.6 is 11.3 Å². The van der Waals surface area contributed by atoms with Crippen LogP contribution < -0.4 is 10.0 Å². The minimum atomic E-state index is -3.92. The Bertz CT molecular complexity index is 1140. The molecule has 0 spiro atoms. The van der Waals surface area contributed by atoms with Gasteiger partial charge in [-0.1, -0.05) is 23.8 Å². The average molecular weight is 435 g/mol. The van der Waals surface area contributed by atoms with Crippen LogP contribution in [0.25, 0.3) is 0 Å². The van der Waals surface area contributed by atoms with Crippen molar-refractivity contribution >= 4 is 49.4 Å². The van der Waals surface area contributed by atoms with Gasteiger partial charge in [0.25, 0.3) is 15.9 Å². The number of carbonyl (C=O) groups excluding carboxylic acids is 1. The zero-order valence-electron chi connectivity index (χ0n) is 15.1. The molecule has 3 rings (SSSR count). The summed E-state index contributed by atoms with van der Waals surface area (Å²) in [5.74, 6) is -0.543. The van der Waals surface area contributed by atoms with Gasteiger partial charge in [0, 0.05) is 33.3 Å². The van der Waals surface area contributed by atoms with Crippen LogP contribution in [0.3, 0.4) is 0 Å². The van der Waals surface area contributed by atoms with Gasteiger partial charge in [0.05, 0.1) is 0 Å². The number of hydrogen-bond donors (Lipinski definition) is 2. The molecule has 0 saturated heterocycles. The lowest BCUT2D eigenvalue weighted by Crippen LogP contribution is -2.18. The minimum absolute atomic E-state index is 0.0719. The maximum absolute atomic E-state index is 12.7. The van der Waals surface area contributed by atoms with Gasteiger partial charge in [-0.2, -0.15) is 0 Å². The van der Waals surface area contributed by atoms with Gasteiger partial charge in [-0.05, 0) is 48.7 Å². The summed E-state index contributed by atoms with van der Waals surface area (Å²) in [6, 6.07) is 14.9. The fourth-order valence-electron chi connectivity index (χ4n) is 2.45. The Morgan fingerprint density at radius 2 is 1.75 bits per heavy atom.